The molecule has 1 saturated heterocycles. The van der Waals surface area contributed by atoms with Gasteiger partial charge in [0.15, 0.2) is 0 Å². The Hall–Kier alpha value is -1.33. The largest absolute Gasteiger partial charge is 0.472 e. The van der Waals surface area contributed by atoms with E-state index in [1.54, 1.807) is 19.6 Å². The molecule has 1 aromatic heterocycles. The van der Waals surface area contributed by atoms with Crippen LogP contribution in [0.3, 0.4) is 0 Å². The lowest BCUT2D eigenvalue weighted by atomic mass is 10.1. The Kier molecular flexibility index (Phi) is 3.58. The number of furan rings is 1. The molecular formula is C11H17N3O2. The fourth-order valence-corrected chi connectivity index (χ4v) is 1.98. The Morgan fingerprint density at radius 1 is 1.75 bits per heavy atom. The molecule has 0 aromatic carbocycles. The number of carbonyl (C=O) groups is 1. The first-order valence-electron chi connectivity index (χ1n) is 5.48. The van der Waals surface area contributed by atoms with Gasteiger partial charge in [-0.15, -0.1) is 0 Å². The third kappa shape index (κ3) is 2.43. The molecule has 0 spiro atoms. The summed E-state index contributed by atoms with van der Waals surface area (Å²) in [7, 11) is 1.67. The Morgan fingerprint density at radius 3 is 3.31 bits per heavy atom. The summed E-state index contributed by atoms with van der Waals surface area (Å²) >= 11 is 0. The van der Waals surface area contributed by atoms with Gasteiger partial charge in [-0.05, 0) is 6.07 Å². The van der Waals surface area contributed by atoms with Crippen LogP contribution in [-0.4, -0.2) is 43.5 Å². The quantitative estimate of drug-likeness (QED) is 0.745. The summed E-state index contributed by atoms with van der Waals surface area (Å²) in [5.41, 5.74) is 1.11. The molecule has 2 N–H and O–H groups in total. The Balaban J connectivity index is 2.02. The fourth-order valence-electron chi connectivity index (χ4n) is 1.98. The van der Waals surface area contributed by atoms with Gasteiger partial charge in [0.2, 0.25) is 5.91 Å². The van der Waals surface area contributed by atoms with Crippen LogP contribution in [0, 0.1) is 0 Å². The third-order valence-electron chi connectivity index (χ3n) is 2.87. The minimum Gasteiger partial charge on any atom is -0.472 e. The summed E-state index contributed by atoms with van der Waals surface area (Å²) in [5, 5.41) is 5.93. The van der Waals surface area contributed by atoms with Crippen LogP contribution < -0.4 is 10.6 Å². The highest BCUT2D eigenvalue weighted by atomic mass is 16.3. The van der Waals surface area contributed by atoms with Gasteiger partial charge >= 0.3 is 0 Å². The number of hydrogen-bond donors (Lipinski definition) is 2. The van der Waals surface area contributed by atoms with Gasteiger partial charge in [0.05, 0.1) is 12.5 Å². The van der Waals surface area contributed by atoms with E-state index in [-0.39, 0.29) is 11.9 Å². The van der Waals surface area contributed by atoms with Gasteiger partial charge in [-0.2, -0.15) is 0 Å². The molecule has 16 heavy (non-hydrogen) atoms. The average Bonchev–Trinajstić information content (AvgIpc) is 2.82. The van der Waals surface area contributed by atoms with E-state index >= 15 is 0 Å². The molecule has 0 bridgehead atoms. The molecule has 5 nitrogen and oxygen atoms in total. The van der Waals surface area contributed by atoms with Crippen LogP contribution in [0.5, 0.6) is 0 Å². The Labute approximate surface area is 94.8 Å². The van der Waals surface area contributed by atoms with Crippen molar-refractivity contribution in [3.63, 3.8) is 0 Å². The maximum atomic E-state index is 11.7. The van der Waals surface area contributed by atoms with Crippen molar-refractivity contribution in [2.24, 2.45) is 0 Å². The molecule has 2 heterocycles. The van der Waals surface area contributed by atoms with Gasteiger partial charge < -0.3 is 15.1 Å². The lowest BCUT2D eigenvalue weighted by Gasteiger charge is -2.34. The van der Waals surface area contributed by atoms with Gasteiger partial charge in [-0.1, -0.05) is 0 Å². The molecule has 1 atom stereocenters. The summed E-state index contributed by atoms with van der Waals surface area (Å²) in [6, 6.07) is 1.84. The number of piperazine rings is 1. The molecular weight excluding hydrogens is 206 g/mol. The first kappa shape index (κ1) is 11.2. The Morgan fingerprint density at radius 2 is 2.62 bits per heavy atom. The van der Waals surface area contributed by atoms with Crippen LogP contribution >= 0.6 is 0 Å². The number of rotatable bonds is 3. The lowest BCUT2D eigenvalue weighted by molar-refractivity contribution is -0.126. The van der Waals surface area contributed by atoms with Crippen LogP contribution in [0.4, 0.5) is 0 Å². The summed E-state index contributed by atoms with van der Waals surface area (Å²) in [6.07, 6.45) is 3.38. The molecule has 1 aliphatic rings. The van der Waals surface area contributed by atoms with Gasteiger partial charge in [-0.3, -0.25) is 9.69 Å². The van der Waals surface area contributed by atoms with Gasteiger partial charge in [0, 0.05) is 38.8 Å². The van der Waals surface area contributed by atoms with E-state index in [1.165, 1.54) is 0 Å². The molecule has 5 heteroatoms. The summed E-state index contributed by atoms with van der Waals surface area (Å²) in [6.45, 7) is 3.27. The number of hydrogen-bond acceptors (Lipinski definition) is 4. The van der Waals surface area contributed by atoms with E-state index in [0.717, 1.165) is 25.2 Å². The van der Waals surface area contributed by atoms with Crippen LogP contribution in [-0.2, 0) is 11.3 Å². The zero-order chi connectivity index (χ0) is 11.4. The molecule has 88 valence electrons. The van der Waals surface area contributed by atoms with Crippen LogP contribution in [0.25, 0.3) is 0 Å². The topological polar surface area (TPSA) is 57.5 Å². The van der Waals surface area contributed by atoms with Crippen LogP contribution in [0.15, 0.2) is 23.0 Å². The predicted molar refractivity (Wildman–Crippen MR) is 59.8 cm³/mol. The van der Waals surface area contributed by atoms with Crippen molar-refractivity contribution in [2.75, 3.05) is 26.7 Å². The second-order valence-corrected chi connectivity index (χ2v) is 3.94. The molecule has 1 amide bonds. The van der Waals surface area contributed by atoms with E-state index in [1.807, 2.05) is 6.07 Å². The summed E-state index contributed by atoms with van der Waals surface area (Å²) < 4.78 is 5.04. The van der Waals surface area contributed by atoms with Crippen molar-refractivity contribution >= 4 is 5.91 Å². The van der Waals surface area contributed by atoms with Crippen LogP contribution in [0.1, 0.15) is 5.56 Å². The zero-order valence-corrected chi connectivity index (χ0v) is 9.40. The smallest absolute Gasteiger partial charge is 0.238 e. The van der Waals surface area contributed by atoms with E-state index < -0.39 is 0 Å². The third-order valence-corrected chi connectivity index (χ3v) is 2.87. The second-order valence-electron chi connectivity index (χ2n) is 3.94. The standard InChI is InChI=1S/C11H17N3O2/c1-12-11(15)10-6-13-3-4-14(10)7-9-2-5-16-8-9/h2,5,8,10,13H,3-4,6-7H2,1H3,(H,12,15). The number of nitrogens with one attached hydrogen (secondary N) is 2. The Bertz CT molecular complexity index is 337. The number of likely N-dealkylation sites (N-methyl/N-ethyl adjacent to an activating group) is 1. The first-order chi connectivity index (χ1) is 7.81. The van der Waals surface area contributed by atoms with Crippen molar-refractivity contribution in [3.05, 3.63) is 24.2 Å². The summed E-state index contributed by atoms with van der Waals surface area (Å²) in [4.78, 5) is 13.9. The molecule has 0 saturated carbocycles. The van der Waals surface area contributed by atoms with Crippen molar-refractivity contribution in [1.82, 2.24) is 15.5 Å². The minimum atomic E-state index is -0.0892. The number of amides is 1. The highest BCUT2D eigenvalue weighted by Gasteiger charge is 2.27. The van der Waals surface area contributed by atoms with Gasteiger partial charge in [0.1, 0.15) is 6.04 Å². The molecule has 1 unspecified atom stereocenters. The lowest BCUT2D eigenvalue weighted by Crippen LogP contribution is -2.56. The predicted octanol–water partition coefficient (Wildman–Crippen LogP) is -0.201. The maximum Gasteiger partial charge on any atom is 0.238 e. The monoisotopic (exact) mass is 223 g/mol. The van der Waals surface area contributed by atoms with Crippen LogP contribution in [0.2, 0.25) is 0 Å². The molecule has 1 aromatic rings. The molecule has 0 aliphatic carbocycles. The summed E-state index contributed by atoms with van der Waals surface area (Å²) in [5.74, 6) is 0.0655. The van der Waals surface area contributed by atoms with E-state index in [9.17, 15) is 4.79 Å². The number of nitrogens with zero attached hydrogens (tertiary/aromatic N) is 1. The van der Waals surface area contributed by atoms with Crippen molar-refractivity contribution in [2.45, 2.75) is 12.6 Å². The number of carbonyl (C=O) groups excluding carboxylic acids is 1. The first-order valence-corrected chi connectivity index (χ1v) is 5.48. The van der Waals surface area contributed by atoms with Gasteiger partial charge in [-0.25, -0.2) is 0 Å². The molecule has 0 radical (unpaired) electrons. The highest BCUT2D eigenvalue weighted by Crippen LogP contribution is 2.10. The normalized spacial score (nSPS) is 21.9. The minimum absolute atomic E-state index is 0.0655. The van der Waals surface area contributed by atoms with E-state index in [2.05, 4.69) is 15.5 Å². The average molecular weight is 223 g/mol. The molecule has 2 rings (SSSR count). The van der Waals surface area contributed by atoms with E-state index in [0.29, 0.717) is 6.54 Å². The molecule has 1 aliphatic heterocycles. The second kappa shape index (κ2) is 5.14. The maximum absolute atomic E-state index is 11.7. The van der Waals surface area contributed by atoms with E-state index in [4.69, 9.17) is 4.42 Å². The van der Waals surface area contributed by atoms with Crippen molar-refractivity contribution in [1.29, 1.82) is 0 Å². The highest BCUT2D eigenvalue weighted by molar-refractivity contribution is 5.81. The van der Waals surface area contributed by atoms with Crippen molar-refractivity contribution in [3.8, 4) is 0 Å². The fraction of sp³-hybridized carbons (Fsp3) is 0.545. The SMILES string of the molecule is CNC(=O)C1CNCCN1Cc1ccoc1. The zero-order valence-electron chi connectivity index (χ0n) is 9.40. The molecule has 1 fully saturated rings. The van der Waals surface area contributed by atoms with Gasteiger partial charge in [0.25, 0.3) is 0 Å². The van der Waals surface area contributed by atoms with Crippen molar-refractivity contribution < 1.29 is 9.21 Å².